The summed E-state index contributed by atoms with van der Waals surface area (Å²) < 4.78 is 0. The van der Waals surface area contributed by atoms with E-state index < -0.39 is 0 Å². The summed E-state index contributed by atoms with van der Waals surface area (Å²) in [6.45, 7) is 20.4. The molecule has 4 unspecified atom stereocenters. The van der Waals surface area contributed by atoms with Gasteiger partial charge in [-0.15, -0.1) is 0 Å². The second-order valence-electron chi connectivity index (χ2n) is 14.6. The van der Waals surface area contributed by atoms with Crippen LogP contribution in [0.4, 0.5) is 0 Å². The van der Waals surface area contributed by atoms with E-state index in [1.807, 2.05) is 13.8 Å². The van der Waals surface area contributed by atoms with E-state index in [-0.39, 0.29) is 0 Å². The van der Waals surface area contributed by atoms with Crippen molar-refractivity contribution >= 4 is 0 Å². The first-order valence-electron chi connectivity index (χ1n) is 17.9. The Morgan fingerprint density at radius 1 is 0.900 bits per heavy atom. The van der Waals surface area contributed by atoms with Crippen LogP contribution in [0.5, 0.6) is 0 Å². The van der Waals surface area contributed by atoms with Gasteiger partial charge in [0, 0.05) is 17.8 Å². The van der Waals surface area contributed by atoms with Gasteiger partial charge in [0.25, 0.3) is 0 Å². The Morgan fingerprint density at radius 3 is 2.30 bits per heavy atom. The summed E-state index contributed by atoms with van der Waals surface area (Å²) in [7, 11) is 0. The number of aromatic nitrogens is 1. The summed E-state index contributed by atoms with van der Waals surface area (Å²) in [5, 5.41) is 0. The Kier molecular flexibility index (Phi) is 12.8. The highest BCUT2D eigenvalue weighted by atomic mass is 14.7. The Labute approximate surface area is 250 Å². The molecule has 1 aromatic rings. The number of hydrogen-bond acceptors (Lipinski definition) is 1. The predicted octanol–water partition coefficient (Wildman–Crippen LogP) is 12.2. The number of hydrogen-bond donors (Lipinski definition) is 0. The monoisotopic (exact) mass is 550 g/mol. The van der Waals surface area contributed by atoms with E-state index >= 15 is 0 Å². The lowest BCUT2D eigenvalue weighted by Gasteiger charge is -2.57. The van der Waals surface area contributed by atoms with Crippen molar-refractivity contribution in [2.45, 2.75) is 159 Å². The zero-order valence-corrected chi connectivity index (χ0v) is 28.3. The molecule has 1 heterocycles. The third-order valence-electron chi connectivity index (χ3n) is 11.9. The maximum absolute atomic E-state index is 4.86. The van der Waals surface area contributed by atoms with Gasteiger partial charge >= 0.3 is 0 Å². The Balaban J connectivity index is 0.000000827. The largest absolute Gasteiger partial charge is 0.258 e. The molecule has 0 N–H and O–H groups in total. The summed E-state index contributed by atoms with van der Waals surface area (Å²) in [5.41, 5.74) is 5.27. The molecule has 1 heteroatoms. The van der Waals surface area contributed by atoms with Gasteiger partial charge in [-0.2, -0.15) is 0 Å². The van der Waals surface area contributed by atoms with Crippen LogP contribution < -0.4 is 0 Å². The first kappa shape index (κ1) is 33.4. The average Bonchev–Trinajstić information content (AvgIpc) is 3.30. The molecule has 1 aromatic heterocycles. The van der Waals surface area contributed by atoms with Crippen molar-refractivity contribution in [3.8, 4) is 0 Å². The maximum Gasteiger partial charge on any atom is 0.0447 e. The van der Waals surface area contributed by atoms with Gasteiger partial charge in [-0.3, -0.25) is 4.98 Å². The van der Waals surface area contributed by atoms with Gasteiger partial charge < -0.3 is 0 Å². The molecule has 5 rings (SSSR count). The van der Waals surface area contributed by atoms with Gasteiger partial charge in [0.1, 0.15) is 0 Å². The number of nitrogens with zero attached hydrogens (tertiary/aromatic N) is 1. The van der Waals surface area contributed by atoms with E-state index in [9.17, 15) is 0 Å². The quantitative estimate of drug-likeness (QED) is 0.243. The van der Waals surface area contributed by atoms with E-state index in [1.54, 1.807) is 18.4 Å². The van der Waals surface area contributed by atoms with Crippen LogP contribution in [0.3, 0.4) is 0 Å². The lowest BCUT2D eigenvalue weighted by atomic mass is 9.47. The van der Waals surface area contributed by atoms with Crippen molar-refractivity contribution < 1.29 is 0 Å². The van der Waals surface area contributed by atoms with E-state index in [1.165, 1.54) is 82.7 Å². The summed E-state index contributed by atoms with van der Waals surface area (Å²) in [4.78, 5) is 4.86. The van der Waals surface area contributed by atoms with E-state index in [2.05, 4.69) is 72.7 Å². The molecule has 0 amide bonds. The number of aryl methyl sites for hydroxylation is 1. The highest BCUT2D eigenvalue weighted by Gasteiger charge is 2.57. The van der Waals surface area contributed by atoms with Crippen LogP contribution in [0.2, 0.25) is 0 Å². The summed E-state index contributed by atoms with van der Waals surface area (Å²) in [6.07, 6.45) is 24.1. The van der Waals surface area contributed by atoms with Crippen LogP contribution >= 0.6 is 0 Å². The van der Waals surface area contributed by atoms with Gasteiger partial charge in [0.2, 0.25) is 0 Å². The second kappa shape index (κ2) is 15.4. The molecule has 40 heavy (non-hydrogen) atoms. The molecule has 4 fully saturated rings. The lowest BCUT2D eigenvalue weighted by molar-refractivity contribution is -0.0761. The smallest absolute Gasteiger partial charge is 0.0447 e. The van der Waals surface area contributed by atoms with Crippen LogP contribution in [0.15, 0.2) is 29.8 Å². The van der Waals surface area contributed by atoms with Gasteiger partial charge in [-0.05, 0) is 137 Å². The first-order valence-corrected chi connectivity index (χ1v) is 17.9. The Hall–Kier alpha value is -1.11. The van der Waals surface area contributed by atoms with Crippen LogP contribution in [-0.4, -0.2) is 4.98 Å². The lowest BCUT2D eigenvalue weighted by Crippen LogP contribution is -2.49. The van der Waals surface area contributed by atoms with Gasteiger partial charge in [0.05, 0.1) is 0 Å². The zero-order valence-electron chi connectivity index (χ0n) is 28.3. The van der Waals surface area contributed by atoms with Gasteiger partial charge in [0.15, 0.2) is 0 Å². The van der Waals surface area contributed by atoms with Crippen molar-refractivity contribution in [2.24, 2.45) is 46.3 Å². The fraction of sp³-hybridized carbons (Fsp3) is 0.821. The summed E-state index contributed by atoms with van der Waals surface area (Å²) >= 11 is 0. The molecular formula is C39H67N. The molecule has 4 saturated carbocycles. The SMILES string of the molecule is C/C=C(\Cc1cccc(C)n1)C1CC[C@H]2C3CCC4CC(C)(CCCCC)CC[C@@H]4[C@H]3CC[C@]12C.CC.CCC. The van der Waals surface area contributed by atoms with Crippen LogP contribution in [0.25, 0.3) is 0 Å². The average molecular weight is 550 g/mol. The minimum atomic E-state index is 0.517. The van der Waals surface area contributed by atoms with Gasteiger partial charge in [-0.1, -0.05) is 91.9 Å². The van der Waals surface area contributed by atoms with E-state index in [0.29, 0.717) is 10.8 Å². The fourth-order valence-electron chi connectivity index (χ4n) is 10.2. The number of unbranched alkanes of at least 4 members (excludes halogenated alkanes) is 2. The molecule has 0 saturated heterocycles. The molecule has 0 bridgehead atoms. The topological polar surface area (TPSA) is 12.9 Å². The molecule has 0 aliphatic heterocycles. The second-order valence-corrected chi connectivity index (χ2v) is 14.6. The molecule has 4 aliphatic rings. The molecule has 0 radical (unpaired) electrons. The number of fused-ring (bicyclic) bond motifs is 5. The summed E-state index contributed by atoms with van der Waals surface area (Å²) in [5.74, 6) is 5.88. The summed E-state index contributed by atoms with van der Waals surface area (Å²) in [6, 6.07) is 6.55. The van der Waals surface area contributed by atoms with Crippen molar-refractivity contribution in [1.29, 1.82) is 0 Å². The zero-order chi connectivity index (χ0) is 29.3. The Morgan fingerprint density at radius 2 is 1.62 bits per heavy atom. The van der Waals surface area contributed by atoms with Crippen LogP contribution in [-0.2, 0) is 6.42 Å². The molecular weight excluding hydrogens is 482 g/mol. The minimum absolute atomic E-state index is 0.517. The maximum atomic E-state index is 4.86. The first-order chi connectivity index (χ1) is 19.3. The number of pyridine rings is 1. The highest BCUT2D eigenvalue weighted by Crippen LogP contribution is 2.66. The molecule has 1 nitrogen and oxygen atoms in total. The van der Waals surface area contributed by atoms with E-state index in [0.717, 1.165) is 47.6 Å². The number of rotatable bonds is 7. The molecule has 0 aromatic carbocycles. The van der Waals surface area contributed by atoms with Crippen molar-refractivity contribution in [3.63, 3.8) is 0 Å². The van der Waals surface area contributed by atoms with Crippen LogP contribution in [0.1, 0.15) is 157 Å². The third kappa shape index (κ3) is 7.45. The molecule has 4 aliphatic carbocycles. The van der Waals surface area contributed by atoms with Crippen molar-refractivity contribution in [2.75, 3.05) is 0 Å². The standard InChI is InChI=1S/C34H53N.C3H8.C2H6/c1-6-8-9-19-33(4)20-17-28-26(23-33)13-14-30-29(28)18-21-34(5)31(15-16-32(30)34)25(7-2)22-27-12-10-11-24(3)35-27;1-3-2;1-2/h7,10-12,26,28-32H,6,8-9,13-23H2,1-5H3;3H2,1-2H3;1-2H3/b25-7+;;/t26?,28-,29+,30?,31?,32-,33?,34+;;/m0../s1. The molecule has 0 spiro atoms. The normalized spacial score (nSPS) is 36.7. The third-order valence-corrected chi connectivity index (χ3v) is 11.9. The van der Waals surface area contributed by atoms with Crippen molar-refractivity contribution in [1.82, 2.24) is 4.98 Å². The fourth-order valence-corrected chi connectivity index (χ4v) is 10.2. The highest BCUT2D eigenvalue weighted by molar-refractivity contribution is 5.23. The number of allylic oxidation sites excluding steroid dienone is 2. The van der Waals surface area contributed by atoms with Crippen LogP contribution in [0, 0.1) is 53.3 Å². The minimum Gasteiger partial charge on any atom is -0.258 e. The van der Waals surface area contributed by atoms with Gasteiger partial charge in [-0.25, -0.2) is 0 Å². The molecule has 228 valence electrons. The Bertz CT molecular complexity index is 915. The predicted molar refractivity (Wildman–Crippen MR) is 177 cm³/mol. The van der Waals surface area contributed by atoms with E-state index in [4.69, 9.17) is 4.98 Å². The van der Waals surface area contributed by atoms with Crippen molar-refractivity contribution in [3.05, 3.63) is 41.2 Å². The molecule has 8 atom stereocenters.